The summed E-state index contributed by atoms with van der Waals surface area (Å²) in [6.45, 7) is 2.06. The first-order valence-electron chi connectivity index (χ1n) is 12.5. The second-order valence-electron chi connectivity index (χ2n) is 8.97. The van der Waals surface area contributed by atoms with Gasteiger partial charge in [-0.3, -0.25) is 14.3 Å². The van der Waals surface area contributed by atoms with Crippen LogP contribution in [0.4, 0.5) is 14.5 Å². The Morgan fingerprint density at radius 2 is 1.55 bits per heavy atom. The molecule has 1 saturated heterocycles. The van der Waals surface area contributed by atoms with Crippen LogP contribution in [0.1, 0.15) is 15.5 Å². The molecule has 202 valence electrons. The zero-order valence-corrected chi connectivity index (χ0v) is 22.8. The van der Waals surface area contributed by atoms with E-state index >= 15 is 0 Å². The van der Waals surface area contributed by atoms with Crippen molar-refractivity contribution in [2.24, 2.45) is 0 Å². The molecule has 6 rings (SSSR count). The predicted octanol–water partition coefficient (Wildman–Crippen LogP) is 5.32. The number of anilines is 1. The minimum atomic E-state index is -0.392. The number of pyridine rings is 1. The molecule has 1 amide bonds. The van der Waals surface area contributed by atoms with E-state index < -0.39 is 5.82 Å². The molecule has 3 aromatic heterocycles. The van der Waals surface area contributed by atoms with Crippen molar-refractivity contribution in [2.75, 3.05) is 31.1 Å². The fourth-order valence-electron chi connectivity index (χ4n) is 4.52. The second kappa shape index (κ2) is 11.5. The highest BCUT2D eigenvalue weighted by atomic mass is 32.2. The zero-order chi connectivity index (χ0) is 27.5. The van der Waals surface area contributed by atoms with Crippen molar-refractivity contribution in [3.63, 3.8) is 0 Å². The van der Waals surface area contributed by atoms with Crippen molar-refractivity contribution >= 4 is 34.7 Å². The summed E-state index contributed by atoms with van der Waals surface area (Å²) in [7, 11) is 0. The molecule has 5 aromatic rings. The number of nitrogens with zero attached hydrogens (tertiary/aromatic N) is 7. The number of aromatic nitrogens is 5. The molecule has 0 aliphatic carbocycles. The van der Waals surface area contributed by atoms with Crippen molar-refractivity contribution in [1.82, 2.24) is 29.6 Å². The van der Waals surface area contributed by atoms with Crippen LogP contribution < -0.4 is 4.90 Å². The highest BCUT2D eigenvalue weighted by Gasteiger charge is 2.25. The molecule has 0 saturated carbocycles. The van der Waals surface area contributed by atoms with E-state index in [1.807, 2.05) is 11.0 Å². The monoisotopic (exact) mass is 575 g/mol. The largest absolute Gasteiger partial charge is 0.366 e. The van der Waals surface area contributed by atoms with E-state index in [9.17, 15) is 13.6 Å². The van der Waals surface area contributed by atoms with Crippen molar-refractivity contribution in [2.45, 2.75) is 10.9 Å². The predicted molar refractivity (Wildman–Crippen MR) is 151 cm³/mol. The number of hydrogen-bond donors (Lipinski definition) is 0. The molecular formula is C28H23F2N7OS2. The molecule has 0 unspecified atom stereocenters. The third-order valence-corrected chi connectivity index (χ3v) is 8.49. The van der Waals surface area contributed by atoms with Gasteiger partial charge < -0.3 is 9.80 Å². The number of carbonyl (C=O) groups excluding carboxylic acids is 1. The third kappa shape index (κ3) is 5.32. The van der Waals surface area contributed by atoms with Crippen molar-refractivity contribution in [1.29, 1.82) is 0 Å². The summed E-state index contributed by atoms with van der Waals surface area (Å²) < 4.78 is 30.7. The van der Waals surface area contributed by atoms with Crippen LogP contribution in [-0.4, -0.2) is 61.7 Å². The number of benzene rings is 2. The molecule has 2 aromatic carbocycles. The maximum atomic E-state index is 14.8. The quantitative estimate of drug-likeness (QED) is 0.243. The number of rotatable bonds is 7. The highest BCUT2D eigenvalue weighted by Crippen LogP contribution is 2.31. The topological polar surface area (TPSA) is 80.0 Å². The van der Waals surface area contributed by atoms with Gasteiger partial charge in [-0.05, 0) is 36.4 Å². The average Bonchev–Trinajstić information content (AvgIpc) is 3.64. The number of hydrogen-bond acceptors (Lipinski definition) is 8. The molecule has 0 bridgehead atoms. The molecule has 0 spiro atoms. The SMILES string of the molecule is O=C(c1csc(CSc2nnc(-c3ccncc3)n2-c2ccccc2F)n1)N1CCN(c2ccccc2F)CC1. The van der Waals surface area contributed by atoms with Crippen LogP contribution in [-0.2, 0) is 5.75 Å². The van der Waals surface area contributed by atoms with Gasteiger partial charge in [0.1, 0.15) is 22.3 Å². The van der Waals surface area contributed by atoms with Gasteiger partial charge in [0, 0.05) is 49.5 Å². The number of carbonyl (C=O) groups is 1. The molecule has 8 nitrogen and oxygen atoms in total. The summed E-state index contributed by atoms with van der Waals surface area (Å²) >= 11 is 2.76. The fraction of sp³-hybridized carbons (Fsp3) is 0.179. The molecule has 1 fully saturated rings. The molecule has 1 aliphatic rings. The lowest BCUT2D eigenvalue weighted by Gasteiger charge is -2.35. The summed E-state index contributed by atoms with van der Waals surface area (Å²) in [5.41, 5.74) is 2.03. The average molecular weight is 576 g/mol. The lowest BCUT2D eigenvalue weighted by molar-refractivity contribution is 0.0741. The Bertz CT molecular complexity index is 1630. The number of thioether (sulfide) groups is 1. The first-order valence-corrected chi connectivity index (χ1v) is 14.4. The molecule has 0 radical (unpaired) electrons. The third-order valence-electron chi connectivity index (χ3n) is 6.52. The summed E-state index contributed by atoms with van der Waals surface area (Å²) in [5, 5.41) is 11.7. The van der Waals surface area contributed by atoms with Gasteiger partial charge in [-0.25, -0.2) is 13.8 Å². The van der Waals surface area contributed by atoms with E-state index in [0.717, 1.165) is 10.6 Å². The fourth-order valence-corrected chi connectivity index (χ4v) is 6.25. The Morgan fingerprint density at radius 3 is 2.25 bits per heavy atom. The summed E-state index contributed by atoms with van der Waals surface area (Å²) in [6.07, 6.45) is 3.30. The number of thiazole rings is 1. The van der Waals surface area contributed by atoms with Crippen molar-refractivity contribution < 1.29 is 13.6 Å². The van der Waals surface area contributed by atoms with E-state index in [0.29, 0.717) is 60.0 Å². The lowest BCUT2D eigenvalue weighted by Crippen LogP contribution is -2.49. The minimum absolute atomic E-state index is 0.143. The second-order valence-corrected chi connectivity index (χ2v) is 10.9. The standard InChI is InChI=1S/C28H23F2N7OS2/c29-20-5-1-3-7-23(20)35-13-15-36(16-14-35)27(38)22-17-39-25(32-22)18-40-28-34-33-26(19-9-11-31-12-10-19)37(28)24-8-4-2-6-21(24)30/h1-12,17H,13-16,18H2. The molecule has 0 N–H and O–H groups in total. The Labute approximate surface area is 237 Å². The lowest BCUT2D eigenvalue weighted by atomic mass is 10.2. The smallest absolute Gasteiger partial charge is 0.273 e. The first-order chi connectivity index (χ1) is 19.6. The van der Waals surface area contributed by atoms with Crippen LogP contribution in [0, 0.1) is 11.6 Å². The number of amides is 1. The normalized spacial score (nSPS) is 13.6. The van der Waals surface area contributed by atoms with Crippen LogP contribution in [0.25, 0.3) is 17.1 Å². The molecule has 12 heteroatoms. The van der Waals surface area contributed by atoms with E-state index in [1.165, 1.54) is 35.2 Å². The number of halogens is 2. The Kier molecular flexibility index (Phi) is 7.51. The van der Waals surface area contributed by atoms with Gasteiger partial charge in [-0.1, -0.05) is 36.0 Å². The van der Waals surface area contributed by atoms with Crippen LogP contribution in [0.2, 0.25) is 0 Å². The van der Waals surface area contributed by atoms with Crippen LogP contribution in [0.3, 0.4) is 0 Å². The molecular weight excluding hydrogens is 552 g/mol. The van der Waals surface area contributed by atoms with Crippen LogP contribution in [0.15, 0.2) is 83.6 Å². The van der Waals surface area contributed by atoms with Gasteiger partial charge in [0.2, 0.25) is 0 Å². The van der Waals surface area contributed by atoms with Gasteiger partial charge in [0.15, 0.2) is 11.0 Å². The van der Waals surface area contributed by atoms with Gasteiger partial charge in [-0.2, -0.15) is 0 Å². The Balaban J connectivity index is 1.15. The summed E-state index contributed by atoms with van der Waals surface area (Å²) in [6, 6.07) is 16.7. The van der Waals surface area contributed by atoms with E-state index in [2.05, 4.69) is 20.2 Å². The summed E-state index contributed by atoms with van der Waals surface area (Å²) in [4.78, 5) is 25.5. The van der Waals surface area contributed by atoms with Gasteiger partial charge in [-0.15, -0.1) is 21.5 Å². The van der Waals surface area contributed by atoms with Gasteiger partial charge in [0.05, 0.1) is 17.1 Å². The maximum Gasteiger partial charge on any atom is 0.273 e. The van der Waals surface area contributed by atoms with E-state index in [1.54, 1.807) is 69.7 Å². The van der Waals surface area contributed by atoms with Crippen LogP contribution in [0.5, 0.6) is 0 Å². The molecule has 40 heavy (non-hydrogen) atoms. The van der Waals surface area contributed by atoms with E-state index in [-0.39, 0.29) is 11.7 Å². The Morgan fingerprint density at radius 1 is 0.875 bits per heavy atom. The van der Waals surface area contributed by atoms with Gasteiger partial charge in [0.25, 0.3) is 5.91 Å². The Hall–Kier alpha value is -4.16. The summed E-state index contributed by atoms with van der Waals surface area (Å²) in [5.74, 6) is 0.135. The van der Waals surface area contributed by atoms with Crippen LogP contribution >= 0.6 is 23.1 Å². The molecule has 4 heterocycles. The molecule has 0 atom stereocenters. The van der Waals surface area contributed by atoms with Gasteiger partial charge >= 0.3 is 0 Å². The van der Waals surface area contributed by atoms with Crippen molar-refractivity contribution in [3.8, 4) is 17.1 Å². The molecule has 1 aliphatic heterocycles. The number of para-hydroxylation sites is 2. The highest BCUT2D eigenvalue weighted by molar-refractivity contribution is 7.98. The zero-order valence-electron chi connectivity index (χ0n) is 21.2. The number of piperazine rings is 1. The maximum absolute atomic E-state index is 14.8. The van der Waals surface area contributed by atoms with Crippen molar-refractivity contribution in [3.05, 3.63) is 101 Å². The van der Waals surface area contributed by atoms with E-state index in [4.69, 9.17) is 0 Å². The minimum Gasteiger partial charge on any atom is -0.366 e. The first kappa shape index (κ1) is 26.1.